The summed E-state index contributed by atoms with van der Waals surface area (Å²) in [4.78, 5) is 19.9. The Kier molecular flexibility index (Phi) is 3.92. The lowest BCUT2D eigenvalue weighted by atomic mass is 9.96. The highest BCUT2D eigenvalue weighted by Crippen LogP contribution is 2.23. The molecule has 1 aromatic heterocycles. The first-order chi connectivity index (χ1) is 10.2. The van der Waals surface area contributed by atoms with E-state index in [0.717, 1.165) is 37.2 Å². The topological polar surface area (TPSA) is 75.1 Å². The van der Waals surface area contributed by atoms with Crippen molar-refractivity contribution >= 4 is 5.97 Å². The van der Waals surface area contributed by atoms with E-state index in [9.17, 15) is 4.79 Å². The average molecular weight is 283 g/mol. The molecule has 3 rings (SSSR count). The maximum Gasteiger partial charge on any atom is 0.335 e. The normalized spacial score (nSPS) is 18.4. The van der Waals surface area contributed by atoms with Gasteiger partial charge in [-0.15, -0.1) is 0 Å². The van der Waals surface area contributed by atoms with Crippen molar-refractivity contribution in [1.82, 2.24) is 15.3 Å². The molecule has 21 heavy (non-hydrogen) atoms. The van der Waals surface area contributed by atoms with Gasteiger partial charge in [0.1, 0.15) is 0 Å². The Balaban J connectivity index is 1.83. The van der Waals surface area contributed by atoms with Crippen LogP contribution < -0.4 is 5.32 Å². The summed E-state index contributed by atoms with van der Waals surface area (Å²) in [5, 5.41) is 12.4. The summed E-state index contributed by atoms with van der Waals surface area (Å²) in [7, 11) is 0. The number of aromatic carboxylic acids is 1. The van der Waals surface area contributed by atoms with Gasteiger partial charge in [0.05, 0.1) is 23.1 Å². The number of nitrogens with zero attached hydrogens (tertiary/aromatic N) is 2. The van der Waals surface area contributed by atoms with Crippen LogP contribution in [0.5, 0.6) is 0 Å². The number of carboxylic acids is 1. The van der Waals surface area contributed by atoms with Crippen molar-refractivity contribution < 1.29 is 9.90 Å². The third-order valence-corrected chi connectivity index (χ3v) is 3.79. The number of hydrogen-bond acceptors (Lipinski definition) is 4. The minimum atomic E-state index is -0.935. The first-order valence-corrected chi connectivity index (χ1v) is 7.10. The molecule has 1 fully saturated rings. The van der Waals surface area contributed by atoms with E-state index in [1.807, 2.05) is 6.07 Å². The molecule has 0 amide bonds. The van der Waals surface area contributed by atoms with E-state index in [1.54, 1.807) is 30.6 Å². The van der Waals surface area contributed by atoms with Gasteiger partial charge in [-0.1, -0.05) is 12.1 Å². The second-order valence-corrected chi connectivity index (χ2v) is 5.26. The summed E-state index contributed by atoms with van der Waals surface area (Å²) in [6, 6.07) is 6.76. The molecule has 1 atom stereocenters. The van der Waals surface area contributed by atoms with Crippen LogP contribution in [-0.2, 0) is 0 Å². The molecule has 5 heteroatoms. The lowest BCUT2D eigenvalue weighted by Gasteiger charge is -2.21. The quantitative estimate of drug-likeness (QED) is 0.904. The number of piperidine rings is 1. The average Bonchev–Trinajstić information content (AvgIpc) is 2.56. The molecule has 1 aliphatic heterocycles. The molecule has 5 nitrogen and oxygen atoms in total. The van der Waals surface area contributed by atoms with Crippen molar-refractivity contribution in [3.05, 3.63) is 47.9 Å². The molecular formula is C16H17N3O2. The summed E-state index contributed by atoms with van der Waals surface area (Å²) in [6.45, 7) is 2.02. The fourth-order valence-corrected chi connectivity index (χ4v) is 2.61. The van der Waals surface area contributed by atoms with Crippen LogP contribution in [0.4, 0.5) is 0 Å². The number of nitrogens with one attached hydrogen (secondary N) is 1. The van der Waals surface area contributed by atoms with Gasteiger partial charge in [0, 0.05) is 24.2 Å². The standard InChI is InChI=1S/C16H17N3O2/c20-16(21)12-4-1-3-11(7-12)14-9-19-15(10-18-14)13-5-2-6-17-8-13/h1,3-4,7,9-10,13,17H,2,5-6,8H2,(H,20,21)/t13-/m0/s1. The van der Waals surface area contributed by atoms with E-state index in [4.69, 9.17) is 5.11 Å². The second-order valence-electron chi connectivity index (χ2n) is 5.26. The molecular weight excluding hydrogens is 266 g/mol. The SMILES string of the molecule is O=C(O)c1cccc(-c2cnc([C@H]3CCCNC3)cn2)c1. The lowest BCUT2D eigenvalue weighted by molar-refractivity contribution is 0.0697. The largest absolute Gasteiger partial charge is 0.478 e. The minimum absolute atomic E-state index is 0.259. The summed E-state index contributed by atoms with van der Waals surface area (Å²) in [5.41, 5.74) is 2.73. The fourth-order valence-electron chi connectivity index (χ4n) is 2.61. The predicted molar refractivity (Wildman–Crippen MR) is 79.3 cm³/mol. The monoisotopic (exact) mass is 283 g/mol. The Labute approximate surface area is 123 Å². The minimum Gasteiger partial charge on any atom is -0.478 e. The van der Waals surface area contributed by atoms with Crippen LogP contribution in [0.15, 0.2) is 36.7 Å². The lowest BCUT2D eigenvalue weighted by Crippen LogP contribution is -2.28. The third-order valence-electron chi connectivity index (χ3n) is 3.79. The van der Waals surface area contributed by atoms with Crippen LogP contribution in [-0.4, -0.2) is 34.1 Å². The molecule has 1 aromatic carbocycles. The van der Waals surface area contributed by atoms with Gasteiger partial charge in [-0.25, -0.2) is 4.79 Å². The molecule has 2 aromatic rings. The Bertz CT molecular complexity index is 634. The van der Waals surface area contributed by atoms with Crippen LogP contribution >= 0.6 is 0 Å². The molecule has 1 saturated heterocycles. The van der Waals surface area contributed by atoms with Crippen molar-refractivity contribution in [3.63, 3.8) is 0 Å². The van der Waals surface area contributed by atoms with Crippen molar-refractivity contribution in [2.45, 2.75) is 18.8 Å². The zero-order valence-corrected chi connectivity index (χ0v) is 11.6. The van der Waals surface area contributed by atoms with E-state index < -0.39 is 5.97 Å². The Morgan fingerprint density at radius 1 is 1.29 bits per heavy atom. The van der Waals surface area contributed by atoms with Crippen LogP contribution in [0.1, 0.15) is 34.8 Å². The number of aromatic nitrogens is 2. The molecule has 0 saturated carbocycles. The summed E-state index contributed by atoms with van der Waals surface area (Å²) in [5.74, 6) is -0.514. The molecule has 0 aliphatic carbocycles. The van der Waals surface area contributed by atoms with Crippen LogP contribution in [0, 0.1) is 0 Å². The van der Waals surface area contributed by atoms with E-state index >= 15 is 0 Å². The number of hydrogen-bond donors (Lipinski definition) is 2. The molecule has 0 unspecified atom stereocenters. The van der Waals surface area contributed by atoms with Crippen LogP contribution in [0.25, 0.3) is 11.3 Å². The maximum absolute atomic E-state index is 11.0. The Hall–Kier alpha value is -2.27. The van der Waals surface area contributed by atoms with Gasteiger partial charge < -0.3 is 10.4 Å². The molecule has 0 bridgehead atoms. The maximum atomic E-state index is 11.0. The smallest absolute Gasteiger partial charge is 0.335 e. The number of carboxylic acid groups (broad SMARTS) is 1. The third kappa shape index (κ3) is 3.08. The molecule has 0 spiro atoms. The molecule has 2 N–H and O–H groups in total. The van der Waals surface area contributed by atoms with E-state index in [1.165, 1.54) is 0 Å². The molecule has 0 radical (unpaired) electrons. The van der Waals surface area contributed by atoms with Crippen molar-refractivity contribution in [1.29, 1.82) is 0 Å². The van der Waals surface area contributed by atoms with E-state index in [2.05, 4.69) is 15.3 Å². The molecule has 1 aliphatic rings. The van der Waals surface area contributed by atoms with Gasteiger partial charge in [0.25, 0.3) is 0 Å². The van der Waals surface area contributed by atoms with Gasteiger partial charge in [0.15, 0.2) is 0 Å². The van der Waals surface area contributed by atoms with Gasteiger partial charge in [-0.3, -0.25) is 9.97 Å². The van der Waals surface area contributed by atoms with Crippen LogP contribution in [0.2, 0.25) is 0 Å². The first-order valence-electron chi connectivity index (χ1n) is 7.10. The van der Waals surface area contributed by atoms with Gasteiger partial charge in [-0.05, 0) is 31.5 Å². The van der Waals surface area contributed by atoms with Gasteiger partial charge in [0.2, 0.25) is 0 Å². The summed E-state index contributed by atoms with van der Waals surface area (Å²) < 4.78 is 0. The Morgan fingerprint density at radius 3 is 2.86 bits per heavy atom. The van der Waals surface area contributed by atoms with Crippen molar-refractivity contribution in [3.8, 4) is 11.3 Å². The number of rotatable bonds is 3. The second kappa shape index (κ2) is 6.01. The van der Waals surface area contributed by atoms with Crippen molar-refractivity contribution in [2.24, 2.45) is 0 Å². The van der Waals surface area contributed by atoms with E-state index in [0.29, 0.717) is 11.6 Å². The van der Waals surface area contributed by atoms with Crippen LogP contribution in [0.3, 0.4) is 0 Å². The molecule has 108 valence electrons. The summed E-state index contributed by atoms with van der Waals surface area (Å²) in [6.07, 6.45) is 5.83. The highest BCUT2D eigenvalue weighted by Gasteiger charge is 2.16. The predicted octanol–water partition coefficient (Wildman–Crippen LogP) is 2.31. The van der Waals surface area contributed by atoms with Crippen molar-refractivity contribution in [2.75, 3.05) is 13.1 Å². The first kappa shape index (κ1) is 13.7. The van der Waals surface area contributed by atoms with Gasteiger partial charge in [-0.2, -0.15) is 0 Å². The number of carbonyl (C=O) groups is 1. The highest BCUT2D eigenvalue weighted by molar-refractivity contribution is 5.89. The van der Waals surface area contributed by atoms with Gasteiger partial charge >= 0.3 is 5.97 Å². The fraction of sp³-hybridized carbons (Fsp3) is 0.312. The number of benzene rings is 1. The zero-order valence-electron chi connectivity index (χ0n) is 11.6. The Morgan fingerprint density at radius 2 is 2.19 bits per heavy atom. The highest BCUT2D eigenvalue weighted by atomic mass is 16.4. The van der Waals surface area contributed by atoms with E-state index in [-0.39, 0.29) is 5.56 Å². The summed E-state index contributed by atoms with van der Waals surface area (Å²) >= 11 is 0. The molecule has 2 heterocycles. The zero-order chi connectivity index (χ0) is 14.7.